The van der Waals surface area contributed by atoms with Crippen LogP contribution in [0.5, 0.6) is 0 Å². The quantitative estimate of drug-likeness (QED) is 0.393. The number of hydrogen-bond acceptors (Lipinski definition) is 6. The second-order valence-electron chi connectivity index (χ2n) is 10.6. The number of carbonyl (C=O) groups excluding carboxylic acids is 1. The molecule has 2 N–H and O–H groups in total. The minimum atomic E-state index is -0.0289. The average molecular weight is 486 g/mol. The highest BCUT2D eigenvalue weighted by atomic mass is 16.1. The molecule has 2 fully saturated rings. The summed E-state index contributed by atoms with van der Waals surface area (Å²) in [4.78, 5) is 20.3. The molecule has 36 heavy (non-hydrogen) atoms. The molecule has 2 aliphatic rings. The Labute approximate surface area is 211 Å². The van der Waals surface area contributed by atoms with Crippen LogP contribution in [0.2, 0.25) is 0 Å². The number of nitrogens with zero attached hydrogens (tertiary/aromatic N) is 6. The topological polar surface area (TPSA) is 94.3 Å². The number of aromatic nitrogens is 5. The van der Waals surface area contributed by atoms with Gasteiger partial charge >= 0.3 is 0 Å². The third kappa shape index (κ3) is 4.28. The summed E-state index contributed by atoms with van der Waals surface area (Å²) in [5.74, 6) is 1.20. The van der Waals surface area contributed by atoms with Crippen molar-refractivity contribution in [1.29, 1.82) is 0 Å². The molecule has 8 nitrogen and oxygen atoms in total. The third-order valence-electron chi connectivity index (χ3n) is 8.19. The number of carbonyl (C=O) groups is 1. The van der Waals surface area contributed by atoms with Crippen LogP contribution in [0, 0.1) is 11.8 Å². The molecule has 1 saturated heterocycles. The van der Waals surface area contributed by atoms with Crippen molar-refractivity contribution in [2.24, 2.45) is 11.8 Å². The molecule has 0 radical (unpaired) electrons. The molecule has 3 aromatic heterocycles. The maximum Gasteiger partial charge on any atom is 0.185 e. The van der Waals surface area contributed by atoms with Crippen molar-refractivity contribution in [1.82, 2.24) is 29.3 Å². The monoisotopic (exact) mass is 485 g/mol. The summed E-state index contributed by atoms with van der Waals surface area (Å²) in [5.41, 5.74) is 10.4. The van der Waals surface area contributed by atoms with Gasteiger partial charge in [-0.1, -0.05) is 38.3 Å². The third-order valence-corrected chi connectivity index (χ3v) is 8.19. The fourth-order valence-electron chi connectivity index (χ4n) is 6.19. The predicted octanol–water partition coefficient (Wildman–Crippen LogP) is 4.82. The Balaban J connectivity index is 1.36. The van der Waals surface area contributed by atoms with E-state index in [1.165, 1.54) is 38.4 Å². The van der Waals surface area contributed by atoms with Gasteiger partial charge in [-0.3, -0.25) is 9.48 Å². The van der Waals surface area contributed by atoms with E-state index in [1.54, 1.807) is 4.52 Å². The fraction of sp³-hybridized carbons (Fsp3) is 0.500. The van der Waals surface area contributed by atoms with Gasteiger partial charge in [0, 0.05) is 36.2 Å². The molecule has 8 heteroatoms. The first-order valence-corrected chi connectivity index (χ1v) is 13.5. The highest BCUT2D eigenvalue weighted by Gasteiger charge is 2.29. The molecular weight excluding hydrogens is 450 g/mol. The molecule has 6 rings (SSSR count). The van der Waals surface area contributed by atoms with Crippen molar-refractivity contribution < 1.29 is 4.79 Å². The predicted molar refractivity (Wildman–Crippen MR) is 142 cm³/mol. The number of nitrogens with two attached hydrogens (primary N) is 1. The van der Waals surface area contributed by atoms with Crippen molar-refractivity contribution >= 4 is 28.0 Å². The Bertz CT molecular complexity index is 1400. The number of piperidine rings is 1. The summed E-state index contributed by atoms with van der Waals surface area (Å²) in [5, 5.41) is 10.5. The van der Waals surface area contributed by atoms with Crippen LogP contribution in [0.15, 0.2) is 36.8 Å². The Hall–Kier alpha value is -3.26. The number of hydrogen-bond donors (Lipinski definition) is 1. The molecule has 1 atom stereocenters. The van der Waals surface area contributed by atoms with E-state index >= 15 is 0 Å². The molecule has 0 bridgehead atoms. The van der Waals surface area contributed by atoms with Gasteiger partial charge in [0.15, 0.2) is 11.6 Å². The van der Waals surface area contributed by atoms with Gasteiger partial charge in [0.2, 0.25) is 0 Å². The van der Waals surface area contributed by atoms with Crippen molar-refractivity contribution in [3.05, 3.63) is 42.5 Å². The minimum Gasteiger partial charge on any atom is -0.382 e. The summed E-state index contributed by atoms with van der Waals surface area (Å²) < 4.78 is 3.80. The van der Waals surface area contributed by atoms with E-state index in [0.29, 0.717) is 17.0 Å². The molecule has 1 aliphatic heterocycles. The zero-order valence-corrected chi connectivity index (χ0v) is 21.1. The molecule has 1 aliphatic carbocycles. The van der Waals surface area contributed by atoms with E-state index in [4.69, 9.17) is 10.8 Å². The number of benzene rings is 1. The number of likely N-dealkylation sites (tertiary alicyclic amines) is 1. The zero-order chi connectivity index (χ0) is 24.6. The number of ketones is 1. The average Bonchev–Trinajstić information content (AvgIpc) is 3.50. The van der Waals surface area contributed by atoms with E-state index in [0.717, 1.165) is 67.0 Å². The maximum absolute atomic E-state index is 13.7. The largest absolute Gasteiger partial charge is 0.382 e. The molecule has 4 aromatic rings. The number of nitrogen functional groups attached to an aromatic ring is 1. The second kappa shape index (κ2) is 9.65. The molecule has 1 saturated carbocycles. The van der Waals surface area contributed by atoms with E-state index in [2.05, 4.69) is 51.0 Å². The lowest BCUT2D eigenvalue weighted by Crippen LogP contribution is -2.38. The highest BCUT2D eigenvalue weighted by Crippen LogP contribution is 2.34. The van der Waals surface area contributed by atoms with Gasteiger partial charge in [-0.2, -0.15) is 10.2 Å². The van der Waals surface area contributed by atoms with Gasteiger partial charge in [-0.05, 0) is 62.4 Å². The van der Waals surface area contributed by atoms with Crippen LogP contribution < -0.4 is 5.73 Å². The van der Waals surface area contributed by atoms with Crippen molar-refractivity contribution in [3.8, 4) is 11.1 Å². The fourth-order valence-corrected chi connectivity index (χ4v) is 6.19. The lowest BCUT2D eigenvalue weighted by molar-refractivity contribution is 0.0818. The molecule has 0 spiro atoms. The first-order chi connectivity index (χ1) is 17.6. The zero-order valence-electron chi connectivity index (χ0n) is 21.1. The highest BCUT2D eigenvalue weighted by molar-refractivity contribution is 6.03. The molecule has 1 aromatic carbocycles. The number of fused-ring (bicyclic) bond motifs is 2. The SMILES string of the molecule is CCN1CCCC(C(=O)c2cc(-c3ccc4cn(CC5CCCCC5)nc4c3)c3c(N)ncnn23)C1. The normalized spacial score (nSPS) is 19.9. The van der Waals surface area contributed by atoms with Crippen LogP contribution >= 0.6 is 0 Å². The summed E-state index contributed by atoms with van der Waals surface area (Å²) >= 11 is 0. The van der Waals surface area contributed by atoms with Crippen LogP contribution in [0.4, 0.5) is 5.82 Å². The second-order valence-corrected chi connectivity index (χ2v) is 10.6. The Morgan fingerprint density at radius 2 is 1.97 bits per heavy atom. The lowest BCUT2D eigenvalue weighted by atomic mass is 9.89. The van der Waals surface area contributed by atoms with E-state index in [9.17, 15) is 4.79 Å². The van der Waals surface area contributed by atoms with E-state index in [1.807, 2.05) is 6.07 Å². The summed E-state index contributed by atoms with van der Waals surface area (Å²) in [6.45, 7) is 5.95. The first-order valence-electron chi connectivity index (χ1n) is 13.5. The van der Waals surface area contributed by atoms with Gasteiger partial charge in [0.25, 0.3) is 0 Å². The molecular formula is C28H35N7O. The van der Waals surface area contributed by atoms with Crippen molar-refractivity contribution in [3.63, 3.8) is 0 Å². The van der Waals surface area contributed by atoms with Crippen LogP contribution in [0.25, 0.3) is 27.5 Å². The molecule has 4 heterocycles. The van der Waals surface area contributed by atoms with Crippen LogP contribution in [-0.4, -0.2) is 54.7 Å². The Kier molecular flexibility index (Phi) is 6.21. The van der Waals surface area contributed by atoms with Crippen molar-refractivity contribution in [2.45, 2.75) is 58.4 Å². The van der Waals surface area contributed by atoms with Crippen LogP contribution in [-0.2, 0) is 6.54 Å². The number of anilines is 1. The molecule has 188 valence electrons. The van der Waals surface area contributed by atoms with E-state index in [-0.39, 0.29) is 11.7 Å². The number of Topliss-reactive ketones (excluding diaryl/α,β-unsaturated/α-hetero) is 1. The standard InChI is InChI=1S/C28H35N7O/c1-2-33-12-6-9-22(16-33)27(36)25-14-23(26-28(29)30-18-31-35(25)26)20-10-11-21-17-34(32-24(21)13-20)15-19-7-4-3-5-8-19/h10-11,13-14,17-19,22H,2-9,12,15-16H2,1H3,(H2,29,30,31). The van der Waals surface area contributed by atoms with Gasteiger partial charge in [0.05, 0.1) is 5.52 Å². The molecule has 0 amide bonds. The molecule has 1 unspecified atom stereocenters. The van der Waals surface area contributed by atoms with Gasteiger partial charge in [-0.15, -0.1) is 0 Å². The van der Waals surface area contributed by atoms with E-state index < -0.39 is 0 Å². The maximum atomic E-state index is 13.7. The minimum absolute atomic E-state index is 0.0289. The van der Waals surface area contributed by atoms with Crippen LogP contribution in [0.1, 0.15) is 62.4 Å². The Morgan fingerprint density at radius 3 is 2.81 bits per heavy atom. The Morgan fingerprint density at radius 1 is 1.11 bits per heavy atom. The van der Waals surface area contributed by atoms with Crippen molar-refractivity contribution in [2.75, 3.05) is 25.4 Å². The summed E-state index contributed by atoms with van der Waals surface area (Å²) in [6.07, 6.45) is 12.1. The summed E-state index contributed by atoms with van der Waals surface area (Å²) in [7, 11) is 0. The van der Waals surface area contributed by atoms with Gasteiger partial charge in [0.1, 0.15) is 17.5 Å². The first kappa shape index (κ1) is 23.2. The smallest absolute Gasteiger partial charge is 0.185 e. The lowest BCUT2D eigenvalue weighted by Gasteiger charge is -2.30. The van der Waals surface area contributed by atoms with Crippen LogP contribution in [0.3, 0.4) is 0 Å². The van der Waals surface area contributed by atoms with Gasteiger partial charge < -0.3 is 10.6 Å². The van der Waals surface area contributed by atoms with Gasteiger partial charge in [-0.25, -0.2) is 9.50 Å². The number of rotatable bonds is 6. The summed E-state index contributed by atoms with van der Waals surface area (Å²) in [6, 6.07) is 8.25.